The van der Waals surface area contributed by atoms with Crippen molar-refractivity contribution < 1.29 is 4.79 Å². The quantitative estimate of drug-likeness (QED) is 0.843. The first-order valence-corrected chi connectivity index (χ1v) is 7.48. The fourth-order valence-electron chi connectivity index (χ4n) is 1.30. The number of carbonyl (C=O) groups is 1. The summed E-state index contributed by atoms with van der Waals surface area (Å²) in [5.41, 5.74) is 6.53. The number of nitrogens with one attached hydrogen (secondary N) is 1. The second kappa shape index (κ2) is 5.92. The summed E-state index contributed by atoms with van der Waals surface area (Å²) in [7, 11) is 0. The van der Waals surface area contributed by atoms with Gasteiger partial charge in [0.15, 0.2) is 0 Å². The van der Waals surface area contributed by atoms with Crippen molar-refractivity contribution in [3.05, 3.63) is 43.2 Å². The molecule has 18 heavy (non-hydrogen) atoms. The fraction of sp³-hybridized carbons (Fsp3) is 0.0909. The number of amides is 1. The lowest BCUT2D eigenvalue weighted by molar-refractivity contribution is 0.102. The molecule has 0 atom stereocenters. The highest BCUT2D eigenvalue weighted by Gasteiger charge is 2.13. The molecule has 0 saturated carbocycles. The fourth-order valence-corrected chi connectivity index (χ4v) is 3.16. The van der Waals surface area contributed by atoms with Crippen LogP contribution in [0.2, 0.25) is 0 Å². The summed E-state index contributed by atoms with van der Waals surface area (Å²) >= 11 is 8.15. The summed E-state index contributed by atoms with van der Waals surface area (Å²) in [6.45, 7) is 0.344. The van der Waals surface area contributed by atoms with Crippen LogP contribution in [0.1, 0.15) is 15.5 Å². The topological polar surface area (TPSA) is 68.0 Å². The minimum atomic E-state index is -0.251. The van der Waals surface area contributed by atoms with Crippen LogP contribution in [0.3, 0.4) is 0 Å². The van der Waals surface area contributed by atoms with Gasteiger partial charge in [-0.1, -0.05) is 6.07 Å². The highest BCUT2D eigenvalue weighted by molar-refractivity contribution is 9.11. The van der Waals surface area contributed by atoms with Crippen LogP contribution in [0.25, 0.3) is 0 Å². The third kappa shape index (κ3) is 2.97. The van der Waals surface area contributed by atoms with Crippen molar-refractivity contribution in [2.24, 2.45) is 5.73 Å². The Labute approximate surface area is 125 Å². The molecule has 0 fully saturated rings. The molecule has 1 heterocycles. The molecule has 2 aromatic rings. The summed E-state index contributed by atoms with van der Waals surface area (Å²) in [6, 6.07) is 5.58. The van der Waals surface area contributed by atoms with Crippen LogP contribution < -0.4 is 11.1 Å². The average molecular weight is 391 g/mol. The molecule has 3 N–H and O–H groups in total. The molecule has 4 nitrogen and oxygen atoms in total. The zero-order valence-electron chi connectivity index (χ0n) is 9.11. The summed E-state index contributed by atoms with van der Waals surface area (Å²) in [4.78, 5) is 16.1. The third-order valence-electron chi connectivity index (χ3n) is 2.16. The van der Waals surface area contributed by atoms with E-state index in [0.29, 0.717) is 17.9 Å². The SMILES string of the molecule is NCc1nc(C(=O)Nc2c(Br)cccc2Br)cs1. The Balaban J connectivity index is 2.21. The van der Waals surface area contributed by atoms with Crippen LogP contribution in [0, 0.1) is 0 Å². The van der Waals surface area contributed by atoms with Gasteiger partial charge >= 0.3 is 0 Å². The first-order chi connectivity index (χ1) is 8.61. The smallest absolute Gasteiger partial charge is 0.275 e. The summed E-state index contributed by atoms with van der Waals surface area (Å²) in [6.07, 6.45) is 0. The first kappa shape index (κ1) is 13.7. The summed E-state index contributed by atoms with van der Waals surface area (Å²) in [5.74, 6) is -0.251. The zero-order valence-corrected chi connectivity index (χ0v) is 13.1. The summed E-state index contributed by atoms with van der Waals surface area (Å²) < 4.78 is 1.61. The van der Waals surface area contributed by atoms with Crippen molar-refractivity contribution in [2.45, 2.75) is 6.54 Å². The van der Waals surface area contributed by atoms with E-state index in [-0.39, 0.29) is 5.91 Å². The third-order valence-corrected chi connectivity index (χ3v) is 4.35. The van der Waals surface area contributed by atoms with Gasteiger partial charge in [-0.15, -0.1) is 11.3 Å². The van der Waals surface area contributed by atoms with E-state index in [4.69, 9.17) is 5.73 Å². The molecule has 1 amide bonds. The van der Waals surface area contributed by atoms with Crippen molar-refractivity contribution >= 4 is 54.8 Å². The van der Waals surface area contributed by atoms with Crippen molar-refractivity contribution in [3.8, 4) is 0 Å². The maximum atomic E-state index is 12.0. The van der Waals surface area contributed by atoms with E-state index in [1.165, 1.54) is 11.3 Å². The summed E-state index contributed by atoms with van der Waals surface area (Å²) in [5, 5.41) is 5.24. The minimum absolute atomic E-state index is 0.251. The van der Waals surface area contributed by atoms with Crippen LogP contribution in [0.4, 0.5) is 5.69 Å². The van der Waals surface area contributed by atoms with Crippen LogP contribution in [-0.2, 0) is 6.54 Å². The lowest BCUT2D eigenvalue weighted by atomic mass is 10.3. The second-order valence-corrected chi connectivity index (χ2v) is 6.03. The Bertz CT molecular complexity index is 565. The number of carbonyl (C=O) groups excluding carboxylic acids is 1. The number of halogens is 2. The zero-order chi connectivity index (χ0) is 13.1. The Morgan fingerprint density at radius 1 is 1.39 bits per heavy atom. The predicted octanol–water partition coefficient (Wildman–Crippen LogP) is 3.38. The van der Waals surface area contributed by atoms with Gasteiger partial charge in [-0.25, -0.2) is 4.98 Å². The van der Waals surface area contributed by atoms with Gasteiger partial charge in [-0.2, -0.15) is 0 Å². The van der Waals surface area contributed by atoms with E-state index in [1.54, 1.807) is 5.38 Å². The van der Waals surface area contributed by atoms with E-state index in [9.17, 15) is 4.79 Å². The predicted molar refractivity (Wildman–Crippen MR) is 79.8 cm³/mol. The molecule has 0 bridgehead atoms. The van der Waals surface area contributed by atoms with Crippen molar-refractivity contribution in [1.29, 1.82) is 0 Å². The van der Waals surface area contributed by atoms with Crippen LogP contribution >= 0.6 is 43.2 Å². The van der Waals surface area contributed by atoms with E-state index in [2.05, 4.69) is 42.2 Å². The number of nitrogens with zero attached hydrogens (tertiary/aromatic N) is 1. The minimum Gasteiger partial charge on any atom is -0.325 e. The molecule has 0 radical (unpaired) electrons. The number of hydrogen-bond acceptors (Lipinski definition) is 4. The molecule has 2 rings (SSSR count). The second-order valence-electron chi connectivity index (χ2n) is 3.38. The van der Waals surface area contributed by atoms with Gasteiger partial charge in [-0.3, -0.25) is 4.79 Å². The van der Waals surface area contributed by atoms with E-state index >= 15 is 0 Å². The van der Waals surface area contributed by atoms with Gasteiger partial charge in [-0.05, 0) is 44.0 Å². The monoisotopic (exact) mass is 389 g/mol. The average Bonchev–Trinajstić information content (AvgIpc) is 2.82. The van der Waals surface area contributed by atoms with E-state index in [1.807, 2.05) is 18.2 Å². The molecule has 0 aliphatic rings. The Kier molecular flexibility index (Phi) is 4.50. The molecule has 1 aromatic carbocycles. The van der Waals surface area contributed by atoms with Gasteiger partial charge in [0, 0.05) is 20.9 Å². The maximum absolute atomic E-state index is 12.0. The van der Waals surface area contributed by atoms with E-state index < -0.39 is 0 Å². The highest BCUT2D eigenvalue weighted by Crippen LogP contribution is 2.30. The van der Waals surface area contributed by atoms with E-state index in [0.717, 1.165) is 14.0 Å². The molecular formula is C11H9Br2N3OS. The lowest BCUT2D eigenvalue weighted by Gasteiger charge is -2.07. The molecule has 0 aliphatic carbocycles. The van der Waals surface area contributed by atoms with Gasteiger partial charge in [0.25, 0.3) is 5.91 Å². The lowest BCUT2D eigenvalue weighted by Crippen LogP contribution is -2.13. The van der Waals surface area contributed by atoms with Crippen molar-refractivity contribution in [2.75, 3.05) is 5.32 Å². The number of anilines is 1. The van der Waals surface area contributed by atoms with Gasteiger partial charge in [0.05, 0.1) is 5.69 Å². The number of rotatable bonds is 3. The molecule has 0 saturated heterocycles. The van der Waals surface area contributed by atoms with Gasteiger partial charge in [0.1, 0.15) is 10.7 Å². The Hall–Kier alpha value is -0.760. The van der Waals surface area contributed by atoms with Crippen molar-refractivity contribution in [3.63, 3.8) is 0 Å². The number of thiazole rings is 1. The standard InChI is InChI=1S/C11H9Br2N3OS/c12-6-2-1-3-7(13)10(6)16-11(17)8-5-18-9(4-14)15-8/h1-3,5H,4,14H2,(H,16,17). The van der Waals surface area contributed by atoms with Gasteiger partial charge < -0.3 is 11.1 Å². The van der Waals surface area contributed by atoms with Crippen LogP contribution in [-0.4, -0.2) is 10.9 Å². The molecule has 1 aromatic heterocycles. The van der Waals surface area contributed by atoms with Gasteiger partial charge in [0.2, 0.25) is 0 Å². The molecule has 7 heteroatoms. The normalized spacial score (nSPS) is 10.4. The number of nitrogens with two attached hydrogens (primary N) is 1. The molecule has 0 spiro atoms. The molecule has 94 valence electrons. The largest absolute Gasteiger partial charge is 0.325 e. The number of para-hydroxylation sites is 1. The van der Waals surface area contributed by atoms with Crippen molar-refractivity contribution in [1.82, 2.24) is 4.98 Å². The number of hydrogen-bond donors (Lipinski definition) is 2. The number of benzene rings is 1. The van der Waals surface area contributed by atoms with Crippen LogP contribution in [0.5, 0.6) is 0 Å². The Morgan fingerprint density at radius 2 is 2.06 bits per heavy atom. The maximum Gasteiger partial charge on any atom is 0.275 e. The number of aromatic nitrogens is 1. The highest BCUT2D eigenvalue weighted by atomic mass is 79.9. The molecular weight excluding hydrogens is 382 g/mol. The Morgan fingerprint density at radius 3 is 2.61 bits per heavy atom. The molecule has 0 aliphatic heterocycles. The van der Waals surface area contributed by atoms with Crippen LogP contribution in [0.15, 0.2) is 32.5 Å². The first-order valence-electron chi connectivity index (χ1n) is 5.01. The molecule has 0 unspecified atom stereocenters.